The topological polar surface area (TPSA) is 93.4 Å². The molecule has 1 aromatic carbocycles. The van der Waals surface area contributed by atoms with E-state index in [1.54, 1.807) is 31.6 Å². The summed E-state index contributed by atoms with van der Waals surface area (Å²) < 4.78 is 6.72. The fourth-order valence-corrected chi connectivity index (χ4v) is 2.10. The number of nitrogens with zero attached hydrogens (tertiary/aromatic N) is 2. The Bertz CT molecular complexity index is 704. The smallest absolute Gasteiger partial charge is 0.408 e. The summed E-state index contributed by atoms with van der Waals surface area (Å²) in [6.45, 7) is 5.64. The number of carbonyl (C=O) groups excluding carboxylic acids is 1. The number of aromatic nitrogens is 2. The molecule has 0 radical (unpaired) electrons. The van der Waals surface area contributed by atoms with E-state index >= 15 is 0 Å². The zero-order chi connectivity index (χ0) is 17.7. The predicted octanol–water partition coefficient (Wildman–Crippen LogP) is 2.58. The molecular formula is C17H21N3O4. The number of carboxylic acids is 1. The standard InChI is InChI=1S/C17H21N3O4/c1-17(2,3)24-16(23)19-14(15(21)22)13-9-18-20(11-13)10-12-7-5-4-6-8-12/h4-9,11,14H,10H2,1-3H3,(H,19,23)(H,21,22). The molecule has 7 heteroatoms. The lowest BCUT2D eigenvalue weighted by Gasteiger charge is -2.21. The molecule has 2 aromatic rings. The first-order chi connectivity index (χ1) is 11.2. The Hall–Kier alpha value is -2.83. The largest absolute Gasteiger partial charge is 0.479 e. The highest BCUT2D eigenvalue weighted by Crippen LogP contribution is 2.15. The molecule has 7 nitrogen and oxygen atoms in total. The monoisotopic (exact) mass is 331 g/mol. The number of amides is 1. The third-order valence-corrected chi connectivity index (χ3v) is 3.08. The summed E-state index contributed by atoms with van der Waals surface area (Å²) in [6.07, 6.45) is 2.24. The van der Waals surface area contributed by atoms with Crippen LogP contribution >= 0.6 is 0 Å². The van der Waals surface area contributed by atoms with E-state index in [0.29, 0.717) is 12.1 Å². The van der Waals surface area contributed by atoms with Crippen molar-refractivity contribution in [1.29, 1.82) is 0 Å². The minimum Gasteiger partial charge on any atom is -0.479 e. The van der Waals surface area contributed by atoms with E-state index < -0.39 is 23.7 Å². The number of nitrogens with one attached hydrogen (secondary N) is 1. The van der Waals surface area contributed by atoms with Crippen LogP contribution in [0.25, 0.3) is 0 Å². The first-order valence-corrected chi connectivity index (χ1v) is 7.53. The molecule has 2 N–H and O–H groups in total. The summed E-state index contributed by atoms with van der Waals surface area (Å²) in [5.74, 6) is -1.18. The van der Waals surface area contributed by atoms with E-state index in [4.69, 9.17) is 4.74 Å². The highest BCUT2D eigenvalue weighted by atomic mass is 16.6. The Morgan fingerprint density at radius 3 is 2.54 bits per heavy atom. The molecule has 0 aliphatic heterocycles. The average molecular weight is 331 g/mol. The lowest BCUT2D eigenvalue weighted by Crippen LogP contribution is -2.37. The second-order valence-corrected chi connectivity index (χ2v) is 6.37. The van der Waals surface area contributed by atoms with Crippen molar-refractivity contribution in [2.24, 2.45) is 0 Å². The Morgan fingerprint density at radius 1 is 1.29 bits per heavy atom. The van der Waals surface area contributed by atoms with Crippen molar-refractivity contribution in [2.75, 3.05) is 0 Å². The van der Waals surface area contributed by atoms with Gasteiger partial charge in [-0.15, -0.1) is 0 Å². The lowest BCUT2D eigenvalue weighted by molar-refractivity contribution is -0.139. The van der Waals surface area contributed by atoms with Crippen LogP contribution in [0.5, 0.6) is 0 Å². The van der Waals surface area contributed by atoms with Gasteiger partial charge in [0.05, 0.1) is 12.7 Å². The van der Waals surface area contributed by atoms with Crippen LogP contribution < -0.4 is 5.32 Å². The van der Waals surface area contributed by atoms with Crippen LogP contribution in [0, 0.1) is 0 Å². The van der Waals surface area contributed by atoms with Crippen molar-refractivity contribution in [2.45, 2.75) is 39.0 Å². The van der Waals surface area contributed by atoms with E-state index in [9.17, 15) is 14.7 Å². The molecule has 0 saturated heterocycles. The number of rotatable bonds is 5. The highest BCUT2D eigenvalue weighted by Gasteiger charge is 2.26. The summed E-state index contributed by atoms with van der Waals surface area (Å²) >= 11 is 0. The lowest BCUT2D eigenvalue weighted by atomic mass is 10.1. The van der Waals surface area contributed by atoms with Crippen molar-refractivity contribution in [3.63, 3.8) is 0 Å². The number of carboxylic acid groups (broad SMARTS) is 1. The number of aliphatic carboxylic acids is 1. The molecule has 1 heterocycles. The number of ether oxygens (including phenoxy) is 1. The molecule has 0 spiro atoms. The molecule has 1 unspecified atom stereocenters. The van der Waals surface area contributed by atoms with Crippen LogP contribution in [0.15, 0.2) is 42.7 Å². The van der Waals surface area contributed by atoms with Gasteiger partial charge in [0, 0.05) is 11.8 Å². The van der Waals surface area contributed by atoms with Gasteiger partial charge < -0.3 is 15.2 Å². The molecule has 0 bridgehead atoms. The van der Waals surface area contributed by atoms with Gasteiger partial charge in [-0.25, -0.2) is 9.59 Å². The van der Waals surface area contributed by atoms with Crippen molar-refractivity contribution in [3.8, 4) is 0 Å². The fourth-order valence-electron chi connectivity index (χ4n) is 2.10. The maximum Gasteiger partial charge on any atom is 0.408 e. The van der Waals surface area contributed by atoms with Gasteiger partial charge in [-0.05, 0) is 26.3 Å². The van der Waals surface area contributed by atoms with Gasteiger partial charge in [-0.2, -0.15) is 5.10 Å². The maximum atomic E-state index is 11.8. The van der Waals surface area contributed by atoms with Gasteiger partial charge in [-0.3, -0.25) is 4.68 Å². The molecule has 1 aromatic heterocycles. The van der Waals surface area contributed by atoms with Crippen LogP contribution in [0.4, 0.5) is 4.79 Å². The third-order valence-electron chi connectivity index (χ3n) is 3.08. The Morgan fingerprint density at radius 2 is 1.96 bits per heavy atom. The van der Waals surface area contributed by atoms with Crippen LogP contribution in [-0.2, 0) is 16.1 Å². The maximum absolute atomic E-state index is 11.8. The van der Waals surface area contributed by atoms with Crippen molar-refractivity contribution in [3.05, 3.63) is 53.9 Å². The summed E-state index contributed by atoms with van der Waals surface area (Å²) in [5.41, 5.74) is 0.716. The zero-order valence-electron chi connectivity index (χ0n) is 13.9. The number of alkyl carbamates (subject to hydrolysis) is 1. The van der Waals surface area contributed by atoms with Crippen LogP contribution in [0.3, 0.4) is 0 Å². The van der Waals surface area contributed by atoms with Gasteiger partial charge in [0.15, 0.2) is 6.04 Å². The Balaban J connectivity index is 2.09. The summed E-state index contributed by atoms with van der Waals surface area (Å²) in [7, 11) is 0. The molecule has 1 amide bonds. The van der Waals surface area contributed by atoms with Gasteiger partial charge in [0.25, 0.3) is 0 Å². The molecule has 1 atom stereocenters. The van der Waals surface area contributed by atoms with Crippen LogP contribution in [-0.4, -0.2) is 32.6 Å². The molecule has 24 heavy (non-hydrogen) atoms. The molecule has 0 aliphatic rings. The minimum absolute atomic E-state index is 0.379. The second kappa shape index (κ2) is 7.16. The quantitative estimate of drug-likeness (QED) is 0.878. The Labute approximate surface area is 140 Å². The molecular weight excluding hydrogens is 310 g/mol. The van der Waals surface area contributed by atoms with Crippen molar-refractivity contribution >= 4 is 12.1 Å². The first-order valence-electron chi connectivity index (χ1n) is 7.53. The summed E-state index contributed by atoms with van der Waals surface area (Å²) in [5, 5.41) is 15.9. The molecule has 2 rings (SSSR count). The van der Waals surface area contributed by atoms with Gasteiger partial charge >= 0.3 is 12.1 Å². The first kappa shape index (κ1) is 17.5. The number of hydrogen-bond acceptors (Lipinski definition) is 4. The summed E-state index contributed by atoms with van der Waals surface area (Å²) in [6, 6.07) is 8.45. The van der Waals surface area contributed by atoms with E-state index in [2.05, 4.69) is 10.4 Å². The predicted molar refractivity (Wildman–Crippen MR) is 87.5 cm³/mol. The average Bonchev–Trinajstić information content (AvgIpc) is 2.92. The molecule has 0 aliphatic carbocycles. The van der Waals surface area contributed by atoms with Gasteiger partial charge in [-0.1, -0.05) is 30.3 Å². The van der Waals surface area contributed by atoms with Gasteiger partial charge in [0.1, 0.15) is 5.60 Å². The minimum atomic E-state index is -1.22. The summed E-state index contributed by atoms with van der Waals surface area (Å²) in [4.78, 5) is 23.3. The van der Waals surface area contributed by atoms with Crippen molar-refractivity contribution < 1.29 is 19.4 Å². The highest BCUT2D eigenvalue weighted by molar-refractivity contribution is 5.81. The van der Waals surface area contributed by atoms with Crippen molar-refractivity contribution in [1.82, 2.24) is 15.1 Å². The molecule has 0 saturated carbocycles. The molecule has 128 valence electrons. The SMILES string of the molecule is CC(C)(C)OC(=O)NC(C(=O)O)c1cnn(Cc2ccccc2)c1. The number of hydrogen-bond donors (Lipinski definition) is 2. The number of carbonyl (C=O) groups is 2. The van der Waals surface area contributed by atoms with Gasteiger partial charge in [0.2, 0.25) is 0 Å². The third kappa shape index (κ3) is 5.12. The van der Waals surface area contributed by atoms with E-state index in [-0.39, 0.29) is 0 Å². The van der Waals surface area contributed by atoms with E-state index in [1.807, 2.05) is 30.3 Å². The van der Waals surface area contributed by atoms with E-state index in [0.717, 1.165) is 5.56 Å². The van der Waals surface area contributed by atoms with Crippen LogP contribution in [0.1, 0.15) is 37.9 Å². The fraction of sp³-hybridized carbons (Fsp3) is 0.353. The zero-order valence-corrected chi connectivity index (χ0v) is 13.9. The second-order valence-electron chi connectivity index (χ2n) is 6.37. The molecule has 0 fully saturated rings. The Kier molecular flexibility index (Phi) is 5.23. The van der Waals surface area contributed by atoms with E-state index in [1.165, 1.54) is 6.20 Å². The normalized spacial score (nSPS) is 12.5. The van der Waals surface area contributed by atoms with Crippen LogP contribution in [0.2, 0.25) is 0 Å². The number of benzene rings is 1.